The maximum atomic E-state index is 11.8. The topological polar surface area (TPSA) is 73.6 Å². The van der Waals surface area contributed by atoms with Gasteiger partial charge in [0, 0.05) is 12.5 Å². The molecule has 0 aliphatic heterocycles. The van der Waals surface area contributed by atoms with Gasteiger partial charge in [0.25, 0.3) is 0 Å². The van der Waals surface area contributed by atoms with Crippen LogP contribution in [0.5, 0.6) is 11.5 Å². The summed E-state index contributed by atoms with van der Waals surface area (Å²) in [6.45, 7) is 0.960. The molecule has 1 fully saturated rings. The lowest BCUT2D eigenvalue weighted by Gasteiger charge is -2.14. The van der Waals surface area contributed by atoms with Crippen LogP contribution in [0.15, 0.2) is 24.3 Å². The fourth-order valence-corrected chi connectivity index (χ4v) is 2.66. The Morgan fingerprint density at radius 3 is 2.55 bits per heavy atom. The first-order chi connectivity index (χ1) is 10.2. The number of hydrogen-bond acceptors (Lipinski definition) is 4. The molecule has 124 valence electrons. The highest BCUT2D eigenvalue weighted by atomic mass is 35.5. The number of benzene rings is 1. The van der Waals surface area contributed by atoms with Gasteiger partial charge in [0.1, 0.15) is 18.1 Å². The molecular formula is C16H25ClN2O3. The Kier molecular flexibility index (Phi) is 8.06. The van der Waals surface area contributed by atoms with Crippen LogP contribution in [0, 0.1) is 5.92 Å². The number of carbonyl (C=O) groups is 1. The predicted octanol–water partition coefficient (Wildman–Crippen LogP) is 2.13. The van der Waals surface area contributed by atoms with E-state index in [2.05, 4.69) is 5.32 Å². The molecule has 5 nitrogen and oxygen atoms in total. The largest absolute Gasteiger partial charge is 0.497 e. The monoisotopic (exact) mass is 328 g/mol. The summed E-state index contributed by atoms with van der Waals surface area (Å²) in [5.74, 6) is 1.97. The summed E-state index contributed by atoms with van der Waals surface area (Å²) in [5.41, 5.74) is 5.97. The summed E-state index contributed by atoms with van der Waals surface area (Å²) >= 11 is 0. The van der Waals surface area contributed by atoms with Crippen LogP contribution in [0.25, 0.3) is 0 Å². The van der Waals surface area contributed by atoms with E-state index in [1.165, 1.54) is 0 Å². The number of rotatable bonds is 7. The van der Waals surface area contributed by atoms with Crippen molar-refractivity contribution >= 4 is 18.3 Å². The highest BCUT2D eigenvalue weighted by molar-refractivity contribution is 5.85. The Bertz CT molecular complexity index is 453. The van der Waals surface area contributed by atoms with Crippen LogP contribution in [-0.4, -0.2) is 32.2 Å². The third-order valence-electron chi connectivity index (χ3n) is 3.92. The molecule has 1 aromatic rings. The number of carbonyl (C=O) groups excluding carboxylic acids is 1. The molecule has 0 radical (unpaired) electrons. The van der Waals surface area contributed by atoms with Crippen LogP contribution < -0.4 is 20.5 Å². The minimum atomic E-state index is 0. The minimum Gasteiger partial charge on any atom is -0.497 e. The van der Waals surface area contributed by atoms with Gasteiger partial charge in [-0.25, -0.2) is 0 Å². The van der Waals surface area contributed by atoms with Gasteiger partial charge in [0.05, 0.1) is 13.7 Å². The van der Waals surface area contributed by atoms with Crippen molar-refractivity contribution in [1.82, 2.24) is 5.32 Å². The van der Waals surface area contributed by atoms with Crippen molar-refractivity contribution in [2.45, 2.75) is 31.7 Å². The van der Waals surface area contributed by atoms with Crippen LogP contribution in [-0.2, 0) is 4.79 Å². The molecule has 0 saturated heterocycles. The van der Waals surface area contributed by atoms with E-state index in [4.69, 9.17) is 15.2 Å². The standard InChI is InChI=1S/C16H24N2O3.ClH/c1-20-13-5-7-14(8-6-13)21-10-9-18-16(19)11-12-3-2-4-15(12)17;/h5-8,12,15H,2-4,9-11,17H2,1H3,(H,18,19);1H/t12-,15+;/m0./s1. The summed E-state index contributed by atoms with van der Waals surface area (Å²) in [6, 6.07) is 7.56. The highest BCUT2D eigenvalue weighted by Crippen LogP contribution is 2.26. The summed E-state index contributed by atoms with van der Waals surface area (Å²) in [5, 5.41) is 2.88. The first-order valence-corrected chi connectivity index (χ1v) is 7.48. The van der Waals surface area contributed by atoms with E-state index in [0.29, 0.717) is 25.5 Å². The molecule has 6 heteroatoms. The molecule has 0 bridgehead atoms. The third-order valence-corrected chi connectivity index (χ3v) is 3.92. The first-order valence-electron chi connectivity index (χ1n) is 7.48. The number of nitrogens with two attached hydrogens (primary N) is 1. The molecule has 1 aromatic carbocycles. The van der Waals surface area contributed by atoms with E-state index < -0.39 is 0 Å². The average molecular weight is 329 g/mol. The van der Waals surface area contributed by atoms with E-state index in [1.807, 2.05) is 24.3 Å². The van der Waals surface area contributed by atoms with Crippen molar-refractivity contribution in [2.75, 3.05) is 20.3 Å². The van der Waals surface area contributed by atoms with E-state index in [0.717, 1.165) is 30.8 Å². The van der Waals surface area contributed by atoms with Gasteiger partial charge >= 0.3 is 0 Å². The number of amides is 1. The van der Waals surface area contributed by atoms with Crippen molar-refractivity contribution in [2.24, 2.45) is 11.7 Å². The summed E-state index contributed by atoms with van der Waals surface area (Å²) in [6.07, 6.45) is 3.78. The number of hydrogen-bond donors (Lipinski definition) is 2. The lowest BCUT2D eigenvalue weighted by atomic mass is 10.00. The first kappa shape index (κ1) is 18.6. The van der Waals surface area contributed by atoms with Gasteiger partial charge in [-0.3, -0.25) is 4.79 Å². The number of ether oxygens (including phenoxy) is 2. The van der Waals surface area contributed by atoms with Gasteiger partial charge in [0.2, 0.25) is 5.91 Å². The predicted molar refractivity (Wildman–Crippen MR) is 88.7 cm³/mol. The van der Waals surface area contributed by atoms with E-state index in [-0.39, 0.29) is 24.4 Å². The van der Waals surface area contributed by atoms with E-state index in [9.17, 15) is 4.79 Å². The summed E-state index contributed by atoms with van der Waals surface area (Å²) in [4.78, 5) is 11.8. The van der Waals surface area contributed by atoms with Crippen LogP contribution in [0.2, 0.25) is 0 Å². The second-order valence-electron chi connectivity index (χ2n) is 5.43. The highest BCUT2D eigenvalue weighted by Gasteiger charge is 2.25. The molecule has 22 heavy (non-hydrogen) atoms. The summed E-state index contributed by atoms with van der Waals surface area (Å²) < 4.78 is 10.6. The van der Waals surface area contributed by atoms with Crippen molar-refractivity contribution in [3.8, 4) is 11.5 Å². The second-order valence-corrected chi connectivity index (χ2v) is 5.43. The second kappa shape index (κ2) is 9.54. The molecule has 2 rings (SSSR count). The molecule has 1 aliphatic rings. The van der Waals surface area contributed by atoms with Gasteiger partial charge in [-0.1, -0.05) is 6.42 Å². The number of nitrogens with one attached hydrogen (secondary N) is 1. The van der Waals surface area contributed by atoms with Gasteiger partial charge < -0.3 is 20.5 Å². The Labute approximate surface area is 138 Å². The average Bonchev–Trinajstić information content (AvgIpc) is 2.89. The quantitative estimate of drug-likeness (QED) is 0.752. The van der Waals surface area contributed by atoms with Crippen LogP contribution in [0.4, 0.5) is 0 Å². The molecule has 1 amide bonds. The van der Waals surface area contributed by atoms with E-state index in [1.54, 1.807) is 7.11 Å². The van der Waals surface area contributed by atoms with Crippen molar-refractivity contribution in [3.05, 3.63) is 24.3 Å². The molecule has 0 heterocycles. The molecule has 2 atom stereocenters. The fourth-order valence-electron chi connectivity index (χ4n) is 2.66. The fraction of sp³-hybridized carbons (Fsp3) is 0.562. The Morgan fingerprint density at radius 1 is 1.27 bits per heavy atom. The van der Waals surface area contributed by atoms with Gasteiger partial charge in [-0.05, 0) is 43.0 Å². The van der Waals surface area contributed by atoms with Gasteiger partial charge in [-0.15, -0.1) is 12.4 Å². The van der Waals surface area contributed by atoms with Crippen molar-refractivity contribution < 1.29 is 14.3 Å². The summed E-state index contributed by atoms with van der Waals surface area (Å²) in [7, 11) is 1.63. The maximum absolute atomic E-state index is 11.8. The van der Waals surface area contributed by atoms with Crippen LogP contribution in [0.1, 0.15) is 25.7 Å². The van der Waals surface area contributed by atoms with Crippen LogP contribution in [0.3, 0.4) is 0 Å². The molecule has 3 N–H and O–H groups in total. The lowest BCUT2D eigenvalue weighted by Crippen LogP contribution is -2.33. The maximum Gasteiger partial charge on any atom is 0.220 e. The normalized spacial score (nSPS) is 20.1. The Balaban J connectivity index is 0.00000242. The van der Waals surface area contributed by atoms with Crippen LogP contribution >= 0.6 is 12.4 Å². The van der Waals surface area contributed by atoms with Crippen molar-refractivity contribution in [3.63, 3.8) is 0 Å². The zero-order chi connectivity index (χ0) is 15.1. The minimum absolute atomic E-state index is 0. The third kappa shape index (κ3) is 5.73. The SMILES string of the molecule is COc1ccc(OCCNC(=O)C[C@@H]2CCC[C@H]2N)cc1.Cl. The molecule has 1 saturated carbocycles. The van der Waals surface area contributed by atoms with Gasteiger partial charge in [0.15, 0.2) is 0 Å². The molecule has 1 aliphatic carbocycles. The smallest absolute Gasteiger partial charge is 0.220 e. The zero-order valence-corrected chi connectivity index (χ0v) is 13.7. The Morgan fingerprint density at radius 2 is 1.95 bits per heavy atom. The lowest BCUT2D eigenvalue weighted by molar-refractivity contribution is -0.122. The van der Waals surface area contributed by atoms with Crippen molar-refractivity contribution in [1.29, 1.82) is 0 Å². The van der Waals surface area contributed by atoms with Gasteiger partial charge in [-0.2, -0.15) is 0 Å². The molecule has 0 unspecified atom stereocenters. The number of halogens is 1. The molecule has 0 spiro atoms. The molecular weight excluding hydrogens is 304 g/mol. The zero-order valence-electron chi connectivity index (χ0n) is 12.9. The Hall–Kier alpha value is -1.46. The number of methoxy groups -OCH3 is 1. The van der Waals surface area contributed by atoms with E-state index >= 15 is 0 Å². The molecule has 0 aromatic heterocycles.